The number of aromatic nitrogens is 2. The fourth-order valence-electron chi connectivity index (χ4n) is 2.19. The second kappa shape index (κ2) is 6.12. The Bertz CT molecular complexity index is 968. The number of para-hydroxylation sites is 2. The summed E-state index contributed by atoms with van der Waals surface area (Å²) in [7, 11) is 0. The van der Waals surface area contributed by atoms with Crippen LogP contribution in [0.25, 0.3) is 11.0 Å². The van der Waals surface area contributed by atoms with Crippen molar-refractivity contribution < 1.29 is 17.6 Å². The molecule has 1 heterocycles. The first-order valence-electron chi connectivity index (χ1n) is 6.72. The lowest BCUT2D eigenvalue weighted by Crippen LogP contribution is -2.21. The second-order valence-corrected chi connectivity index (χ2v) is 4.78. The van der Waals surface area contributed by atoms with E-state index in [0.29, 0.717) is 17.1 Å². The molecular weight excluding hydrogens is 324 g/mol. The zero-order valence-corrected chi connectivity index (χ0v) is 12.0. The summed E-state index contributed by atoms with van der Waals surface area (Å²) >= 11 is 0. The lowest BCUT2D eigenvalue weighted by atomic mass is 10.2. The van der Waals surface area contributed by atoms with E-state index in [0.717, 1.165) is 4.90 Å². The van der Waals surface area contributed by atoms with Gasteiger partial charge in [-0.1, -0.05) is 12.1 Å². The molecule has 3 rings (SSSR count). The quantitative estimate of drug-likeness (QED) is 0.316. The summed E-state index contributed by atoms with van der Waals surface area (Å²) < 4.78 is 54.1. The second-order valence-electron chi connectivity index (χ2n) is 4.78. The summed E-state index contributed by atoms with van der Waals surface area (Å²) in [6, 6.07) is 9.00. The van der Waals surface area contributed by atoms with Crippen LogP contribution in [0.2, 0.25) is 0 Å². The van der Waals surface area contributed by atoms with Crippen LogP contribution in [0.1, 0.15) is 0 Å². The lowest BCUT2D eigenvalue weighted by molar-refractivity contribution is 0.410. The highest BCUT2D eigenvalue weighted by Gasteiger charge is 2.24. The Balaban J connectivity index is 2.18. The van der Waals surface area contributed by atoms with Crippen LogP contribution in [0.3, 0.4) is 0 Å². The smallest absolute Gasteiger partial charge is 0.199 e. The van der Waals surface area contributed by atoms with Gasteiger partial charge in [-0.05, 0) is 12.1 Å². The van der Waals surface area contributed by atoms with Crippen molar-refractivity contribution >= 4 is 22.5 Å². The van der Waals surface area contributed by atoms with Crippen molar-refractivity contribution in [1.29, 1.82) is 5.26 Å². The van der Waals surface area contributed by atoms with Gasteiger partial charge in [0.1, 0.15) is 6.54 Å². The Morgan fingerprint density at radius 3 is 2.42 bits per heavy atom. The average molecular weight is 332 g/mol. The fourth-order valence-corrected chi connectivity index (χ4v) is 2.19. The van der Waals surface area contributed by atoms with Gasteiger partial charge in [-0.25, -0.2) is 22.5 Å². The maximum absolute atomic E-state index is 14.0. The van der Waals surface area contributed by atoms with Gasteiger partial charge >= 0.3 is 0 Å². The monoisotopic (exact) mass is 332 g/mol. The first kappa shape index (κ1) is 15.7. The standard InChI is InChI=1S/C16H8F4N4/c17-9-7-12(15(19)16(20)14(9)18)24(6-5-21)13-8-22-10-3-1-2-4-11(10)23-13/h1-4,7-8H,6H2. The van der Waals surface area contributed by atoms with Crippen LogP contribution < -0.4 is 4.90 Å². The van der Waals surface area contributed by atoms with Gasteiger partial charge < -0.3 is 4.90 Å². The molecule has 120 valence electrons. The van der Waals surface area contributed by atoms with Crippen molar-refractivity contribution in [3.8, 4) is 6.07 Å². The third kappa shape index (κ3) is 2.60. The summed E-state index contributed by atoms with van der Waals surface area (Å²) in [5.74, 6) is -7.06. The normalized spacial score (nSPS) is 10.6. The number of benzene rings is 2. The maximum Gasteiger partial charge on any atom is 0.199 e. The molecule has 0 aliphatic heterocycles. The van der Waals surface area contributed by atoms with E-state index in [1.807, 2.05) is 0 Å². The van der Waals surface area contributed by atoms with Gasteiger partial charge in [0.05, 0.1) is 29.0 Å². The molecule has 0 fully saturated rings. The lowest BCUT2D eigenvalue weighted by Gasteiger charge is -2.21. The topological polar surface area (TPSA) is 52.8 Å². The van der Waals surface area contributed by atoms with Crippen LogP contribution in [0.5, 0.6) is 0 Å². The van der Waals surface area contributed by atoms with Crippen LogP contribution in [0, 0.1) is 34.6 Å². The number of halogens is 4. The van der Waals surface area contributed by atoms with E-state index in [2.05, 4.69) is 9.97 Å². The van der Waals surface area contributed by atoms with E-state index < -0.39 is 35.5 Å². The minimum Gasteiger partial charge on any atom is -0.308 e. The van der Waals surface area contributed by atoms with Gasteiger partial charge in [-0.3, -0.25) is 4.98 Å². The number of hydrogen-bond donors (Lipinski definition) is 0. The average Bonchev–Trinajstić information content (AvgIpc) is 2.61. The third-order valence-electron chi connectivity index (χ3n) is 3.32. The predicted octanol–water partition coefficient (Wildman–Crippen LogP) is 3.85. The highest BCUT2D eigenvalue weighted by Crippen LogP contribution is 2.30. The molecule has 1 aromatic heterocycles. The first-order valence-corrected chi connectivity index (χ1v) is 6.72. The van der Waals surface area contributed by atoms with E-state index in [9.17, 15) is 17.6 Å². The van der Waals surface area contributed by atoms with E-state index >= 15 is 0 Å². The Kier molecular flexibility index (Phi) is 4.00. The number of nitrogens with zero attached hydrogens (tertiary/aromatic N) is 4. The summed E-state index contributed by atoms with van der Waals surface area (Å²) in [6.45, 7) is -0.464. The minimum absolute atomic E-state index is 0.000409. The predicted molar refractivity (Wildman–Crippen MR) is 78.4 cm³/mol. The van der Waals surface area contributed by atoms with Crippen molar-refractivity contribution in [2.24, 2.45) is 0 Å². The molecule has 0 radical (unpaired) electrons. The van der Waals surface area contributed by atoms with Gasteiger partial charge in [0.15, 0.2) is 29.1 Å². The molecule has 0 spiro atoms. The molecule has 0 unspecified atom stereocenters. The van der Waals surface area contributed by atoms with Crippen LogP contribution in [0.15, 0.2) is 36.5 Å². The van der Waals surface area contributed by atoms with E-state index in [-0.39, 0.29) is 5.82 Å². The Labute approximate surface area is 133 Å². The van der Waals surface area contributed by atoms with Crippen molar-refractivity contribution in [3.05, 3.63) is 59.8 Å². The molecule has 8 heteroatoms. The minimum atomic E-state index is -1.96. The van der Waals surface area contributed by atoms with E-state index in [1.165, 1.54) is 6.20 Å². The zero-order chi connectivity index (χ0) is 17.3. The number of rotatable bonds is 3. The van der Waals surface area contributed by atoms with Gasteiger partial charge in [0, 0.05) is 6.07 Å². The Morgan fingerprint density at radius 1 is 1.00 bits per heavy atom. The Hall–Kier alpha value is -3.21. The van der Waals surface area contributed by atoms with Gasteiger partial charge in [-0.2, -0.15) is 5.26 Å². The van der Waals surface area contributed by atoms with E-state index in [4.69, 9.17) is 5.26 Å². The molecule has 0 aliphatic rings. The molecule has 0 amide bonds. The molecule has 0 atom stereocenters. The summed E-state index contributed by atoms with van der Waals surface area (Å²) in [6.07, 6.45) is 1.23. The highest BCUT2D eigenvalue weighted by molar-refractivity contribution is 5.76. The molecule has 2 aromatic carbocycles. The first-order chi connectivity index (χ1) is 11.5. The SMILES string of the molecule is N#CCN(c1cnc2ccccc2n1)c1cc(F)c(F)c(F)c1F. The number of hydrogen-bond acceptors (Lipinski definition) is 4. The largest absolute Gasteiger partial charge is 0.308 e. The number of anilines is 2. The fraction of sp³-hybridized carbons (Fsp3) is 0.0625. The van der Waals surface area contributed by atoms with Gasteiger partial charge in [-0.15, -0.1) is 0 Å². The van der Waals surface area contributed by atoms with Crippen molar-refractivity contribution in [2.75, 3.05) is 11.4 Å². The zero-order valence-electron chi connectivity index (χ0n) is 12.0. The summed E-state index contributed by atoms with van der Waals surface area (Å²) in [5.41, 5.74) is 0.356. The number of nitriles is 1. The highest BCUT2D eigenvalue weighted by atomic mass is 19.2. The molecule has 3 aromatic rings. The van der Waals surface area contributed by atoms with Crippen molar-refractivity contribution in [1.82, 2.24) is 9.97 Å². The van der Waals surface area contributed by atoms with Crippen LogP contribution in [-0.4, -0.2) is 16.5 Å². The molecule has 4 nitrogen and oxygen atoms in total. The molecule has 0 saturated carbocycles. The van der Waals surface area contributed by atoms with Gasteiger partial charge in [0.2, 0.25) is 0 Å². The molecular formula is C16H8F4N4. The van der Waals surface area contributed by atoms with Crippen molar-refractivity contribution in [3.63, 3.8) is 0 Å². The Morgan fingerprint density at radius 2 is 1.71 bits per heavy atom. The van der Waals surface area contributed by atoms with Crippen LogP contribution in [-0.2, 0) is 0 Å². The molecule has 24 heavy (non-hydrogen) atoms. The molecule has 0 aliphatic carbocycles. The summed E-state index contributed by atoms with van der Waals surface area (Å²) in [5, 5.41) is 8.93. The van der Waals surface area contributed by atoms with E-state index in [1.54, 1.807) is 30.3 Å². The maximum atomic E-state index is 14.0. The third-order valence-corrected chi connectivity index (χ3v) is 3.32. The number of fused-ring (bicyclic) bond motifs is 1. The van der Waals surface area contributed by atoms with Gasteiger partial charge in [0.25, 0.3) is 0 Å². The summed E-state index contributed by atoms with van der Waals surface area (Å²) in [4.78, 5) is 9.22. The molecule has 0 bridgehead atoms. The van der Waals surface area contributed by atoms with Crippen LogP contribution >= 0.6 is 0 Å². The van der Waals surface area contributed by atoms with Crippen molar-refractivity contribution in [2.45, 2.75) is 0 Å². The van der Waals surface area contributed by atoms with Crippen LogP contribution in [0.4, 0.5) is 29.1 Å². The molecule has 0 saturated heterocycles. The molecule has 0 N–H and O–H groups in total.